The van der Waals surface area contributed by atoms with Crippen LogP contribution in [-0.2, 0) is 7.05 Å². The van der Waals surface area contributed by atoms with Crippen molar-refractivity contribution in [2.45, 2.75) is 13.0 Å². The van der Waals surface area contributed by atoms with Crippen LogP contribution in [0.1, 0.15) is 22.9 Å². The van der Waals surface area contributed by atoms with Gasteiger partial charge in [-0.3, -0.25) is 0 Å². The summed E-state index contributed by atoms with van der Waals surface area (Å²) in [4.78, 5) is 4.01. The van der Waals surface area contributed by atoms with Gasteiger partial charge in [0.25, 0.3) is 0 Å². The van der Waals surface area contributed by atoms with Crippen molar-refractivity contribution in [2.24, 2.45) is 7.05 Å². The highest BCUT2D eigenvalue weighted by Crippen LogP contribution is 2.23. The molecule has 84 valence electrons. The van der Waals surface area contributed by atoms with E-state index >= 15 is 0 Å². The summed E-state index contributed by atoms with van der Waals surface area (Å²) >= 11 is 0. The van der Waals surface area contributed by atoms with Gasteiger partial charge in [0, 0.05) is 18.8 Å². The standard InChI is InChI=1S/C12H13FN2O/c1-8-3-4-10(13)9(5-8)12(16)11-6-15(2)7-14-11/h3-7,12,16H,1-2H3. The van der Waals surface area contributed by atoms with Crippen molar-refractivity contribution in [1.82, 2.24) is 9.55 Å². The number of nitrogens with zero attached hydrogens (tertiary/aromatic N) is 2. The Balaban J connectivity index is 2.40. The van der Waals surface area contributed by atoms with Crippen LogP contribution in [0.4, 0.5) is 4.39 Å². The Kier molecular flexibility index (Phi) is 2.75. The van der Waals surface area contributed by atoms with Gasteiger partial charge in [0.05, 0.1) is 12.0 Å². The minimum Gasteiger partial charge on any atom is -0.382 e. The second kappa shape index (κ2) is 4.06. The molecule has 4 heteroatoms. The van der Waals surface area contributed by atoms with E-state index in [0.29, 0.717) is 5.69 Å². The maximum Gasteiger partial charge on any atom is 0.129 e. The monoisotopic (exact) mass is 220 g/mol. The second-order valence-electron chi connectivity index (χ2n) is 3.89. The van der Waals surface area contributed by atoms with Crippen LogP contribution in [0.2, 0.25) is 0 Å². The van der Waals surface area contributed by atoms with Crippen molar-refractivity contribution in [3.63, 3.8) is 0 Å². The predicted octanol–water partition coefficient (Wildman–Crippen LogP) is 1.95. The largest absolute Gasteiger partial charge is 0.382 e. The molecule has 1 unspecified atom stereocenters. The molecule has 3 nitrogen and oxygen atoms in total. The maximum absolute atomic E-state index is 13.5. The van der Waals surface area contributed by atoms with Crippen LogP contribution in [0.15, 0.2) is 30.7 Å². The average molecular weight is 220 g/mol. The minimum absolute atomic E-state index is 0.263. The van der Waals surface area contributed by atoms with Crippen LogP contribution in [0.5, 0.6) is 0 Å². The van der Waals surface area contributed by atoms with Gasteiger partial charge in [0.1, 0.15) is 11.9 Å². The summed E-state index contributed by atoms with van der Waals surface area (Å²) in [6.07, 6.45) is 2.24. The number of aryl methyl sites for hydroxylation is 2. The lowest BCUT2D eigenvalue weighted by molar-refractivity contribution is 0.210. The minimum atomic E-state index is -1.01. The number of aromatic nitrogens is 2. The molecule has 1 aromatic carbocycles. The first-order chi connectivity index (χ1) is 7.58. The maximum atomic E-state index is 13.5. The second-order valence-corrected chi connectivity index (χ2v) is 3.89. The average Bonchev–Trinajstić information content (AvgIpc) is 2.67. The van der Waals surface area contributed by atoms with Crippen molar-refractivity contribution >= 4 is 0 Å². The molecule has 0 spiro atoms. The summed E-state index contributed by atoms with van der Waals surface area (Å²) in [6, 6.07) is 4.66. The van der Waals surface area contributed by atoms with Crippen LogP contribution in [0, 0.1) is 12.7 Å². The topological polar surface area (TPSA) is 38.0 Å². The molecule has 0 aliphatic rings. The van der Waals surface area contributed by atoms with Crippen molar-refractivity contribution in [3.05, 3.63) is 53.4 Å². The van der Waals surface area contributed by atoms with Gasteiger partial charge in [0.2, 0.25) is 0 Å². The Morgan fingerprint density at radius 1 is 1.44 bits per heavy atom. The van der Waals surface area contributed by atoms with Gasteiger partial charge in [0.15, 0.2) is 0 Å². The molecule has 0 fully saturated rings. The number of hydrogen-bond donors (Lipinski definition) is 1. The summed E-state index contributed by atoms with van der Waals surface area (Å²) in [5.41, 5.74) is 1.62. The fraction of sp³-hybridized carbons (Fsp3) is 0.250. The van der Waals surface area contributed by atoms with E-state index in [1.165, 1.54) is 6.07 Å². The highest BCUT2D eigenvalue weighted by Gasteiger charge is 2.17. The van der Waals surface area contributed by atoms with E-state index in [1.54, 1.807) is 36.3 Å². The predicted molar refractivity (Wildman–Crippen MR) is 58.4 cm³/mol. The third-order valence-corrected chi connectivity index (χ3v) is 2.45. The molecular formula is C12H13FN2O. The Hall–Kier alpha value is -1.68. The molecule has 16 heavy (non-hydrogen) atoms. The first-order valence-corrected chi connectivity index (χ1v) is 5.00. The molecule has 0 radical (unpaired) electrons. The van der Waals surface area contributed by atoms with E-state index in [1.807, 2.05) is 6.92 Å². The number of benzene rings is 1. The lowest BCUT2D eigenvalue weighted by Gasteiger charge is -2.10. The zero-order valence-electron chi connectivity index (χ0n) is 9.18. The molecule has 0 saturated carbocycles. The molecule has 0 bridgehead atoms. The smallest absolute Gasteiger partial charge is 0.129 e. The van der Waals surface area contributed by atoms with E-state index in [2.05, 4.69) is 4.98 Å². The van der Waals surface area contributed by atoms with E-state index in [0.717, 1.165) is 5.56 Å². The first kappa shape index (κ1) is 10.8. The van der Waals surface area contributed by atoms with Gasteiger partial charge >= 0.3 is 0 Å². The molecule has 1 atom stereocenters. The Bertz CT molecular complexity index is 507. The zero-order valence-corrected chi connectivity index (χ0v) is 9.18. The first-order valence-electron chi connectivity index (χ1n) is 5.00. The SMILES string of the molecule is Cc1ccc(F)c(C(O)c2cn(C)cn2)c1. The molecular weight excluding hydrogens is 207 g/mol. The molecule has 2 aromatic rings. The number of aliphatic hydroxyl groups excluding tert-OH is 1. The van der Waals surface area contributed by atoms with Gasteiger partial charge in [-0.25, -0.2) is 9.37 Å². The molecule has 0 saturated heterocycles. The van der Waals surface area contributed by atoms with Crippen LogP contribution >= 0.6 is 0 Å². The third-order valence-electron chi connectivity index (χ3n) is 2.45. The zero-order chi connectivity index (χ0) is 11.7. The van der Waals surface area contributed by atoms with Gasteiger partial charge in [-0.15, -0.1) is 0 Å². The van der Waals surface area contributed by atoms with Crippen molar-refractivity contribution in [1.29, 1.82) is 0 Å². The molecule has 0 aliphatic carbocycles. The third kappa shape index (κ3) is 1.97. The fourth-order valence-electron chi connectivity index (χ4n) is 1.61. The van der Waals surface area contributed by atoms with Crippen molar-refractivity contribution < 1.29 is 9.50 Å². The summed E-state index contributed by atoms with van der Waals surface area (Å²) < 4.78 is 15.2. The van der Waals surface area contributed by atoms with Gasteiger partial charge in [-0.1, -0.05) is 17.7 Å². The number of halogens is 1. The van der Waals surface area contributed by atoms with Crippen LogP contribution < -0.4 is 0 Å². The van der Waals surface area contributed by atoms with E-state index in [4.69, 9.17) is 0 Å². The number of aliphatic hydroxyl groups is 1. The molecule has 1 aromatic heterocycles. The molecule has 0 amide bonds. The molecule has 1 heterocycles. The van der Waals surface area contributed by atoms with Crippen LogP contribution in [0.25, 0.3) is 0 Å². The highest BCUT2D eigenvalue weighted by molar-refractivity contribution is 5.30. The Labute approximate surface area is 93.2 Å². The fourth-order valence-corrected chi connectivity index (χ4v) is 1.61. The normalized spacial score (nSPS) is 12.8. The molecule has 0 aliphatic heterocycles. The summed E-state index contributed by atoms with van der Waals surface area (Å²) in [5.74, 6) is -0.413. The summed E-state index contributed by atoms with van der Waals surface area (Å²) in [6.45, 7) is 1.86. The quantitative estimate of drug-likeness (QED) is 0.840. The highest BCUT2D eigenvalue weighted by atomic mass is 19.1. The molecule has 2 rings (SSSR count). The number of imidazole rings is 1. The van der Waals surface area contributed by atoms with Crippen LogP contribution in [0.3, 0.4) is 0 Å². The van der Waals surface area contributed by atoms with Gasteiger partial charge < -0.3 is 9.67 Å². The van der Waals surface area contributed by atoms with Gasteiger partial charge in [-0.2, -0.15) is 0 Å². The van der Waals surface area contributed by atoms with Crippen molar-refractivity contribution in [2.75, 3.05) is 0 Å². The number of hydrogen-bond acceptors (Lipinski definition) is 2. The van der Waals surface area contributed by atoms with Gasteiger partial charge in [-0.05, 0) is 13.0 Å². The number of rotatable bonds is 2. The van der Waals surface area contributed by atoms with E-state index in [9.17, 15) is 9.50 Å². The Morgan fingerprint density at radius 3 is 2.81 bits per heavy atom. The van der Waals surface area contributed by atoms with E-state index in [-0.39, 0.29) is 5.56 Å². The van der Waals surface area contributed by atoms with Crippen molar-refractivity contribution in [3.8, 4) is 0 Å². The lowest BCUT2D eigenvalue weighted by Crippen LogP contribution is -2.03. The van der Waals surface area contributed by atoms with E-state index < -0.39 is 11.9 Å². The van der Waals surface area contributed by atoms with Crippen LogP contribution in [-0.4, -0.2) is 14.7 Å². The summed E-state index contributed by atoms with van der Waals surface area (Å²) in [7, 11) is 1.80. The molecule has 1 N–H and O–H groups in total. The summed E-state index contributed by atoms with van der Waals surface area (Å²) in [5, 5.41) is 9.99. The Morgan fingerprint density at radius 2 is 2.19 bits per heavy atom. The lowest BCUT2D eigenvalue weighted by atomic mass is 10.0.